The van der Waals surface area contributed by atoms with E-state index in [4.69, 9.17) is 13.9 Å². The lowest BCUT2D eigenvalue weighted by Gasteiger charge is -2.33. The van der Waals surface area contributed by atoms with Crippen molar-refractivity contribution < 1.29 is 23.5 Å². The van der Waals surface area contributed by atoms with Crippen LogP contribution in [0.15, 0.2) is 63.1 Å². The summed E-state index contributed by atoms with van der Waals surface area (Å²) in [5, 5.41) is 0. The molecule has 7 heteroatoms. The van der Waals surface area contributed by atoms with Gasteiger partial charge < -0.3 is 13.9 Å². The maximum atomic E-state index is 13.8. The number of piperidine rings is 1. The Morgan fingerprint density at radius 2 is 1.77 bits per heavy atom. The highest BCUT2D eigenvalue weighted by atomic mass is 16.5. The summed E-state index contributed by atoms with van der Waals surface area (Å²) >= 11 is 0. The Balaban J connectivity index is 1.69. The van der Waals surface area contributed by atoms with Crippen LogP contribution in [-0.2, 0) is 19.1 Å². The average molecular weight is 479 g/mol. The first-order chi connectivity index (χ1) is 16.9. The molecule has 0 amide bonds. The number of hydrogen-bond donors (Lipinski definition) is 0. The lowest BCUT2D eigenvalue weighted by Crippen LogP contribution is -2.38. The summed E-state index contributed by atoms with van der Waals surface area (Å²) in [6.07, 6.45) is 3.09. The second-order valence-electron chi connectivity index (χ2n) is 9.35. The summed E-state index contributed by atoms with van der Waals surface area (Å²) in [6, 6.07) is 13.4. The number of carbonyl (C=O) groups is 2. The highest BCUT2D eigenvalue weighted by molar-refractivity contribution is 6.06. The largest absolute Gasteiger partial charge is 0.468 e. The van der Waals surface area contributed by atoms with Crippen molar-refractivity contribution in [1.29, 1.82) is 0 Å². The van der Waals surface area contributed by atoms with Crippen molar-refractivity contribution in [3.05, 3.63) is 70.8 Å². The van der Waals surface area contributed by atoms with E-state index in [0.717, 1.165) is 31.5 Å². The zero-order chi connectivity index (χ0) is 24.9. The topological polar surface area (TPSA) is 81.3 Å². The van der Waals surface area contributed by atoms with Gasteiger partial charge in [-0.05, 0) is 64.4 Å². The molecule has 0 bridgehead atoms. The molecule has 1 aromatic heterocycles. The number of methoxy groups -OCH3 is 1. The molecule has 2 aliphatic rings. The normalized spacial score (nSPS) is 21.9. The van der Waals surface area contributed by atoms with Crippen LogP contribution in [0.25, 0.3) is 0 Å². The number of likely N-dealkylation sites (tertiary alicyclic amines) is 1. The van der Waals surface area contributed by atoms with Crippen molar-refractivity contribution in [1.82, 2.24) is 4.90 Å². The number of benzene rings is 1. The molecule has 1 aromatic carbocycles. The Kier molecular flexibility index (Phi) is 7.86. The number of rotatable bonds is 7. The van der Waals surface area contributed by atoms with Crippen LogP contribution in [0.2, 0.25) is 0 Å². The highest BCUT2D eigenvalue weighted by Gasteiger charge is 2.44. The Labute approximate surface area is 206 Å². The monoisotopic (exact) mass is 478 g/mol. The zero-order valence-electron chi connectivity index (χ0n) is 21.0. The average Bonchev–Trinajstić information content (AvgIpc) is 3.29. The summed E-state index contributed by atoms with van der Waals surface area (Å²) in [6.45, 7) is 7.99. The smallest absolute Gasteiger partial charge is 0.337 e. The standard InChI is InChI=1S/C28H34N2O5/c1-18-13-14-22(34-18)26-24(27(31)33-4)19(2)29-20(3)25(26)28(32)35-23(21-11-7-5-8-12-21)17-30-15-9-6-10-16-30/h5,7-8,11-14,23-24,26H,6,9-10,15-17H2,1-4H3. The van der Waals surface area contributed by atoms with Gasteiger partial charge in [-0.25, -0.2) is 4.79 Å². The van der Waals surface area contributed by atoms with Crippen LogP contribution in [-0.4, -0.2) is 49.3 Å². The van der Waals surface area contributed by atoms with Gasteiger partial charge in [-0.1, -0.05) is 36.8 Å². The molecule has 1 fully saturated rings. The molecule has 0 saturated carbocycles. The van der Waals surface area contributed by atoms with Crippen LogP contribution in [0, 0.1) is 12.8 Å². The van der Waals surface area contributed by atoms with Gasteiger partial charge >= 0.3 is 11.9 Å². The number of allylic oxidation sites excluding steroid dienone is 1. The molecule has 0 N–H and O–H groups in total. The molecule has 3 atom stereocenters. The van der Waals surface area contributed by atoms with Crippen molar-refractivity contribution in [2.45, 2.75) is 52.1 Å². The molecule has 186 valence electrons. The van der Waals surface area contributed by atoms with E-state index in [0.29, 0.717) is 35.0 Å². The molecule has 4 rings (SSSR count). The fourth-order valence-corrected chi connectivity index (χ4v) is 5.11. The SMILES string of the molecule is COC(=O)C1C(C)=NC(C)=C(C(=O)OC(CN2CCCCC2)c2ccccc2)C1c1ccc(C)o1. The lowest BCUT2D eigenvalue weighted by molar-refractivity contribution is -0.147. The van der Waals surface area contributed by atoms with Crippen LogP contribution in [0.3, 0.4) is 0 Å². The molecule has 7 nitrogen and oxygen atoms in total. The van der Waals surface area contributed by atoms with E-state index in [1.165, 1.54) is 13.5 Å². The number of ether oxygens (including phenoxy) is 2. The maximum absolute atomic E-state index is 13.8. The quantitative estimate of drug-likeness (QED) is 0.522. The molecular formula is C28H34N2O5. The van der Waals surface area contributed by atoms with Crippen molar-refractivity contribution in [2.75, 3.05) is 26.7 Å². The molecule has 0 aliphatic carbocycles. The zero-order valence-corrected chi connectivity index (χ0v) is 21.0. The first-order valence-electron chi connectivity index (χ1n) is 12.3. The molecule has 2 aromatic rings. The lowest BCUT2D eigenvalue weighted by atomic mass is 9.78. The highest BCUT2D eigenvalue weighted by Crippen LogP contribution is 2.41. The number of aryl methyl sites for hydroxylation is 1. The minimum Gasteiger partial charge on any atom is -0.468 e. The van der Waals surface area contributed by atoms with Gasteiger partial charge in [-0.15, -0.1) is 0 Å². The summed E-state index contributed by atoms with van der Waals surface area (Å²) in [4.78, 5) is 33.6. The number of esters is 2. The molecular weight excluding hydrogens is 444 g/mol. The maximum Gasteiger partial charge on any atom is 0.337 e. The van der Waals surface area contributed by atoms with Crippen molar-refractivity contribution in [3.8, 4) is 0 Å². The van der Waals surface area contributed by atoms with Crippen molar-refractivity contribution >= 4 is 17.7 Å². The number of aliphatic imine (C=N–C) groups is 1. The fourth-order valence-electron chi connectivity index (χ4n) is 5.11. The number of carbonyl (C=O) groups excluding carboxylic acids is 2. The molecule has 1 saturated heterocycles. The second kappa shape index (κ2) is 11.0. The summed E-state index contributed by atoms with van der Waals surface area (Å²) in [7, 11) is 1.34. The third-order valence-electron chi connectivity index (χ3n) is 6.86. The summed E-state index contributed by atoms with van der Waals surface area (Å²) < 4.78 is 17.2. The van der Waals surface area contributed by atoms with Crippen LogP contribution in [0.5, 0.6) is 0 Å². The Morgan fingerprint density at radius 3 is 2.40 bits per heavy atom. The van der Waals surface area contributed by atoms with E-state index >= 15 is 0 Å². The van der Waals surface area contributed by atoms with Crippen LogP contribution in [0.1, 0.15) is 62.2 Å². The van der Waals surface area contributed by atoms with Gasteiger partial charge in [-0.2, -0.15) is 0 Å². The van der Waals surface area contributed by atoms with Gasteiger partial charge in [0, 0.05) is 18.0 Å². The Morgan fingerprint density at radius 1 is 1.06 bits per heavy atom. The Bertz CT molecular complexity index is 1110. The van der Waals surface area contributed by atoms with E-state index in [1.54, 1.807) is 19.9 Å². The van der Waals surface area contributed by atoms with Gasteiger partial charge in [0.05, 0.1) is 18.6 Å². The third-order valence-corrected chi connectivity index (χ3v) is 6.86. The van der Waals surface area contributed by atoms with Crippen LogP contribution < -0.4 is 0 Å². The second-order valence-corrected chi connectivity index (χ2v) is 9.35. The summed E-state index contributed by atoms with van der Waals surface area (Å²) in [5.41, 5.74) is 2.38. The van der Waals surface area contributed by atoms with Gasteiger partial charge in [0.2, 0.25) is 0 Å². The molecule has 3 unspecified atom stereocenters. The minimum absolute atomic E-state index is 0.333. The van der Waals surface area contributed by atoms with E-state index in [1.807, 2.05) is 43.3 Å². The molecule has 3 heterocycles. The van der Waals surface area contributed by atoms with Gasteiger partial charge in [-0.3, -0.25) is 14.7 Å². The van der Waals surface area contributed by atoms with Gasteiger partial charge in [0.25, 0.3) is 0 Å². The first-order valence-corrected chi connectivity index (χ1v) is 12.3. The number of hydrogen-bond acceptors (Lipinski definition) is 7. The van der Waals surface area contributed by atoms with Crippen LogP contribution >= 0.6 is 0 Å². The molecule has 0 radical (unpaired) electrons. The van der Waals surface area contributed by atoms with Gasteiger partial charge in [0.1, 0.15) is 23.5 Å². The van der Waals surface area contributed by atoms with E-state index < -0.39 is 29.9 Å². The Hall–Kier alpha value is -3.19. The predicted octanol–water partition coefficient (Wildman–Crippen LogP) is 4.98. The molecule has 0 spiro atoms. The third kappa shape index (κ3) is 5.56. The van der Waals surface area contributed by atoms with Crippen molar-refractivity contribution in [3.63, 3.8) is 0 Å². The predicted molar refractivity (Wildman–Crippen MR) is 133 cm³/mol. The van der Waals surface area contributed by atoms with Crippen LogP contribution in [0.4, 0.5) is 0 Å². The minimum atomic E-state index is -0.769. The number of nitrogens with zero attached hydrogens (tertiary/aromatic N) is 2. The van der Waals surface area contributed by atoms with E-state index in [-0.39, 0.29) is 0 Å². The van der Waals surface area contributed by atoms with E-state index in [2.05, 4.69) is 9.89 Å². The molecule has 2 aliphatic heterocycles. The fraction of sp³-hybridized carbons (Fsp3) is 0.464. The first kappa shape index (κ1) is 24.9. The van der Waals surface area contributed by atoms with E-state index in [9.17, 15) is 9.59 Å². The number of furan rings is 1. The van der Waals surface area contributed by atoms with Gasteiger partial charge in [0.15, 0.2) is 0 Å². The van der Waals surface area contributed by atoms with Crippen molar-refractivity contribution in [2.24, 2.45) is 10.9 Å². The molecule has 35 heavy (non-hydrogen) atoms. The summed E-state index contributed by atoms with van der Waals surface area (Å²) in [5.74, 6) is -1.18.